The predicted molar refractivity (Wildman–Crippen MR) is 86.2 cm³/mol. The Bertz CT molecular complexity index is 605. The third-order valence-electron chi connectivity index (χ3n) is 3.65. The van der Waals surface area contributed by atoms with Gasteiger partial charge in [-0.1, -0.05) is 36.4 Å². The Hall–Kier alpha value is -2.13. The van der Waals surface area contributed by atoms with Crippen molar-refractivity contribution in [3.8, 4) is 0 Å². The fourth-order valence-corrected chi connectivity index (χ4v) is 2.32. The topological polar surface area (TPSA) is 46.3 Å². The molecule has 110 valence electrons. The molecule has 0 spiro atoms. The van der Waals surface area contributed by atoms with Gasteiger partial charge in [-0.3, -0.25) is 4.79 Å². The van der Waals surface area contributed by atoms with Crippen molar-refractivity contribution in [3.63, 3.8) is 0 Å². The third-order valence-corrected chi connectivity index (χ3v) is 3.65. The van der Waals surface area contributed by atoms with Gasteiger partial charge < -0.3 is 10.6 Å². The Kier molecular flexibility index (Phi) is 5.12. The van der Waals surface area contributed by atoms with Crippen molar-refractivity contribution in [1.82, 2.24) is 4.90 Å². The molecule has 0 unspecified atom stereocenters. The lowest BCUT2D eigenvalue weighted by Gasteiger charge is -2.18. The van der Waals surface area contributed by atoms with Crippen LogP contribution in [0.2, 0.25) is 0 Å². The van der Waals surface area contributed by atoms with Crippen molar-refractivity contribution in [1.29, 1.82) is 0 Å². The number of benzene rings is 2. The lowest BCUT2D eigenvalue weighted by Crippen LogP contribution is -2.26. The normalized spacial score (nSPS) is 10.4. The van der Waals surface area contributed by atoms with Gasteiger partial charge in [-0.05, 0) is 48.7 Å². The number of hydrogen-bond donors (Lipinski definition) is 1. The number of amides is 1. The highest BCUT2D eigenvalue weighted by atomic mass is 16.2. The van der Waals surface area contributed by atoms with Crippen molar-refractivity contribution < 1.29 is 4.79 Å². The second kappa shape index (κ2) is 7.04. The lowest BCUT2D eigenvalue weighted by molar-refractivity contribution is 0.0785. The Morgan fingerprint density at radius 2 is 1.76 bits per heavy atom. The van der Waals surface area contributed by atoms with Crippen LogP contribution in [0.15, 0.2) is 48.5 Å². The van der Waals surface area contributed by atoms with Crippen LogP contribution in [0.5, 0.6) is 0 Å². The minimum atomic E-state index is 0.0394. The molecule has 0 aromatic heterocycles. The van der Waals surface area contributed by atoms with E-state index < -0.39 is 0 Å². The molecule has 0 saturated carbocycles. The molecule has 0 heterocycles. The van der Waals surface area contributed by atoms with Crippen molar-refractivity contribution in [2.45, 2.75) is 19.9 Å². The first kappa shape index (κ1) is 15.3. The number of nitrogens with zero attached hydrogens (tertiary/aromatic N) is 1. The van der Waals surface area contributed by atoms with Gasteiger partial charge in [-0.25, -0.2) is 0 Å². The van der Waals surface area contributed by atoms with E-state index in [1.165, 1.54) is 11.1 Å². The molecule has 0 radical (unpaired) electrons. The molecule has 0 aliphatic carbocycles. The van der Waals surface area contributed by atoms with E-state index in [9.17, 15) is 4.79 Å². The Morgan fingerprint density at radius 1 is 1.10 bits per heavy atom. The summed E-state index contributed by atoms with van der Waals surface area (Å²) in [5, 5.41) is 0. The molecule has 3 nitrogen and oxygen atoms in total. The molecule has 1 amide bonds. The first-order chi connectivity index (χ1) is 10.1. The smallest absolute Gasteiger partial charge is 0.253 e. The molecule has 2 aromatic rings. The van der Waals surface area contributed by atoms with E-state index in [0.29, 0.717) is 18.7 Å². The molecule has 21 heavy (non-hydrogen) atoms. The number of hydrogen-bond acceptors (Lipinski definition) is 2. The number of carbonyl (C=O) groups excluding carboxylic acids is 1. The van der Waals surface area contributed by atoms with Crippen LogP contribution in [0, 0.1) is 6.92 Å². The highest BCUT2D eigenvalue weighted by Gasteiger charge is 2.12. The van der Waals surface area contributed by atoms with Crippen LogP contribution in [-0.2, 0) is 13.0 Å². The van der Waals surface area contributed by atoms with Gasteiger partial charge in [0.15, 0.2) is 0 Å². The summed E-state index contributed by atoms with van der Waals surface area (Å²) in [6.07, 6.45) is 0.841. The van der Waals surface area contributed by atoms with E-state index >= 15 is 0 Å². The van der Waals surface area contributed by atoms with Crippen LogP contribution in [0.3, 0.4) is 0 Å². The number of nitrogens with two attached hydrogens (primary N) is 1. The molecule has 2 N–H and O–H groups in total. The van der Waals surface area contributed by atoms with Gasteiger partial charge in [-0.15, -0.1) is 0 Å². The van der Waals surface area contributed by atoms with Gasteiger partial charge >= 0.3 is 0 Å². The van der Waals surface area contributed by atoms with Crippen molar-refractivity contribution in [2.24, 2.45) is 5.73 Å². The molecule has 3 heteroatoms. The van der Waals surface area contributed by atoms with Crippen molar-refractivity contribution >= 4 is 5.91 Å². The fraction of sp³-hybridized carbons (Fsp3) is 0.278. The fourth-order valence-electron chi connectivity index (χ4n) is 2.32. The molecule has 0 saturated heterocycles. The molecule has 0 atom stereocenters. The third kappa shape index (κ3) is 3.92. The van der Waals surface area contributed by atoms with Gasteiger partial charge in [-0.2, -0.15) is 0 Å². The summed E-state index contributed by atoms with van der Waals surface area (Å²) < 4.78 is 0. The van der Waals surface area contributed by atoms with Crippen LogP contribution in [0.4, 0.5) is 0 Å². The van der Waals surface area contributed by atoms with Crippen molar-refractivity contribution in [3.05, 3.63) is 70.8 Å². The second-order valence-electron chi connectivity index (χ2n) is 5.32. The van der Waals surface area contributed by atoms with E-state index in [-0.39, 0.29) is 5.91 Å². The highest BCUT2D eigenvalue weighted by Crippen LogP contribution is 2.13. The summed E-state index contributed by atoms with van der Waals surface area (Å²) >= 11 is 0. The Labute approximate surface area is 126 Å². The zero-order valence-electron chi connectivity index (χ0n) is 12.7. The number of aryl methyl sites for hydroxylation is 1. The quantitative estimate of drug-likeness (QED) is 0.916. The predicted octanol–water partition coefficient (Wildman–Crippen LogP) is 2.77. The molecular weight excluding hydrogens is 260 g/mol. The Balaban J connectivity index is 2.07. The van der Waals surface area contributed by atoms with Gasteiger partial charge in [0.2, 0.25) is 0 Å². The summed E-state index contributed by atoms with van der Waals surface area (Å²) in [5.74, 6) is 0.0394. The van der Waals surface area contributed by atoms with Crippen LogP contribution >= 0.6 is 0 Å². The molecule has 0 aliphatic heterocycles. The second-order valence-corrected chi connectivity index (χ2v) is 5.32. The average molecular weight is 282 g/mol. The van der Waals surface area contributed by atoms with Crippen LogP contribution < -0.4 is 5.73 Å². The maximum atomic E-state index is 12.4. The SMILES string of the molecule is Cc1ccccc1CN(C)C(=O)c1ccc(CCN)cc1. The van der Waals surface area contributed by atoms with E-state index in [4.69, 9.17) is 5.73 Å². The first-order valence-electron chi connectivity index (χ1n) is 7.21. The zero-order valence-corrected chi connectivity index (χ0v) is 12.7. The summed E-state index contributed by atoms with van der Waals surface area (Å²) in [6.45, 7) is 3.31. The van der Waals surface area contributed by atoms with E-state index in [1.807, 2.05) is 43.4 Å². The standard InChI is InChI=1S/C18H22N2O/c1-14-5-3-4-6-17(14)13-20(2)18(21)16-9-7-15(8-10-16)11-12-19/h3-10H,11-13,19H2,1-2H3. The monoisotopic (exact) mass is 282 g/mol. The summed E-state index contributed by atoms with van der Waals surface area (Å²) in [5.41, 5.74) is 9.79. The average Bonchev–Trinajstić information content (AvgIpc) is 2.50. The van der Waals surface area contributed by atoms with Crippen LogP contribution in [0.1, 0.15) is 27.0 Å². The summed E-state index contributed by atoms with van der Waals surface area (Å²) in [4.78, 5) is 14.2. The lowest BCUT2D eigenvalue weighted by atomic mass is 10.1. The van der Waals surface area contributed by atoms with Gasteiger partial charge in [0.05, 0.1) is 0 Å². The largest absolute Gasteiger partial charge is 0.337 e. The summed E-state index contributed by atoms with van der Waals surface area (Å²) in [7, 11) is 1.84. The van der Waals surface area contributed by atoms with Crippen LogP contribution in [-0.4, -0.2) is 24.4 Å². The molecule has 2 rings (SSSR count). The van der Waals surface area contributed by atoms with Gasteiger partial charge in [0, 0.05) is 19.2 Å². The molecule has 0 fully saturated rings. The summed E-state index contributed by atoms with van der Waals surface area (Å²) in [6, 6.07) is 15.8. The van der Waals surface area contributed by atoms with Crippen LogP contribution in [0.25, 0.3) is 0 Å². The van der Waals surface area contributed by atoms with Gasteiger partial charge in [0.25, 0.3) is 5.91 Å². The highest BCUT2D eigenvalue weighted by molar-refractivity contribution is 5.94. The van der Waals surface area contributed by atoms with Crippen molar-refractivity contribution in [2.75, 3.05) is 13.6 Å². The Morgan fingerprint density at radius 3 is 2.38 bits per heavy atom. The first-order valence-corrected chi connectivity index (χ1v) is 7.21. The molecule has 0 bridgehead atoms. The molecule has 0 aliphatic rings. The minimum Gasteiger partial charge on any atom is -0.337 e. The zero-order chi connectivity index (χ0) is 15.2. The minimum absolute atomic E-state index is 0.0394. The number of rotatable bonds is 5. The molecular formula is C18H22N2O. The maximum Gasteiger partial charge on any atom is 0.253 e. The van der Waals surface area contributed by atoms with Gasteiger partial charge in [0.1, 0.15) is 0 Å². The number of carbonyl (C=O) groups is 1. The maximum absolute atomic E-state index is 12.4. The molecule has 2 aromatic carbocycles. The van der Waals surface area contributed by atoms with E-state index in [0.717, 1.165) is 12.0 Å². The van der Waals surface area contributed by atoms with E-state index in [2.05, 4.69) is 19.1 Å². The van der Waals surface area contributed by atoms with E-state index in [1.54, 1.807) is 4.90 Å².